The summed E-state index contributed by atoms with van der Waals surface area (Å²) >= 11 is 0. The van der Waals surface area contributed by atoms with E-state index in [2.05, 4.69) is 21.3 Å². The van der Waals surface area contributed by atoms with Gasteiger partial charge in [-0.2, -0.15) is 0 Å². The summed E-state index contributed by atoms with van der Waals surface area (Å²) in [5, 5.41) is 27.4. The number of carbonyl (C=O) groups excluding carboxylic acids is 4. The van der Waals surface area contributed by atoms with Crippen LogP contribution in [0.2, 0.25) is 0 Å². The second kappa shape index (κ2) is 14.2. The second-order valence-electron chi connectivity index (χ2n) is 7.07. The van der Waals surface area contributed by atoms with Crippen molar-refractivity contribution in [3.05, 3.63) is 35.4 Å². The summed E-state index contributed by atoms with van der Waals surface area (Å²) in [5.41, 5.74) is 0.970. The van der Waals surface area contributed by atoms with Crippen molar-refractivity contribution in [1.82, 2.24) is 21.3 Å². The van der Waals surface area contributed by atoms with Gasteiger partial charge in [-0.1, -0.05) is 12.1 Å². The maximum atomic E-state index is 12.5. The molecule has 0 aromatic heterocycles. The number of likely N-dealkylation sites (N-methyl/N-ethyl adjacent to an activating group) is 1. The van der Waals surface area contributed by atoms with Crippen molar-refractivity contribution in [2.75, 3.05) is 13.6 Å². The lowest BCUT2D eigenvalue weighted by molar-refractivity contribution is -0.139. The lowest BCUT2D eigenvalue weighted by atomic mass is 10.1. The molecule has 6 N–H and O–H groups in total. The minimum absolute atomic E-state index is 0.0669. The monoisotopic (exact) mass is 464 g/mol. The first-order chi connectivity index (χ1) is 15.6. The minimum atomic E-state index is -1.13. The molecule has 0 fully saturated rings. The van der Waals surface area contributed by atoms with E-state index in [1.54, 1.807) is 12.1 Å². The van der Waals surface area contributed by atoms with E-state index in [9.17, 15) is 28.8 Å². The lowest BCUT2D eigenvalue weighted by Gasteiger charge is -2.18. The Balaban J connectivity index is 2.63. The number of nitrogens with one attached hydrogen (secondary N) is 4. The zero-order valence-electron chi connectivity index (χ0n) is 18.2. The maximum absolute atomic E-state index is 12.5. The second-order valence-corrected chi connectivity index (χ2v) is 7.07. The Kier molecular flexibility index (Phi) is 11.6. The van der Waals surface area contributed by atoms with E-state index in [1.165, 1.54) is 19.2 Å². The van der Waals surface area contributed by atoms with Gasteiger partial charge in [0.1, 0.15) is 6.04 Å². The Morgan fingerprint density at radius 2 is 1.48 bits per heavy atom. The van der Waals surface area contributed by atoms with Gasteiger partial charge in [-0.05, 0) is 30.5 Å². The van der Waals surface area contributed by atoms with E-state index in [1.807, 2.05) is 0 Å². The predicted octanol–water partition coefficient (Wildman–Crippen LogP) is -0.617. The molecular weight excluding hydrogens is 436 g/mol. The molecule has 0 bridgehead atoms. The van der Waals surface area contributed by atoms with E-state index in [4.69, 9.17) is 10.2 Å². The van der Waals surface area contributed by atoms with Crippen LogP contribution < -0.4 is 21.3 Å². The number of hydrogen-bond donors (Lipinski definition) is 6. The van der Waals surface area contributed by atoms with Crippen LogP contribution in [0.25, 0.3) is 0 Å². The van der Waals surface area contributed by atoms with Crippen LogP contribution in [-0.2, 0) is 30.5 Å². The summed E-state index contributed by atoms with van der Waals surface area (Å²) in [7, 11) is 1.45. The van der Waals surface area contributed by atoms with Gasteiger partial charge in [0.2, 0.25) is 17.7 Å². The highest BCUT2D eigenvalue weighted by Crippen LogP contribution is 2.06. The number of hydrogen-bond acceptors (Lipinski definition) is 6. The van der Waals surface area contributed by atoms with Crippen LogP contribution in [0.4, 0.5) is 0 Å². The summed E-state index contributed by atoms with van der Waals surface area (Å²) < 4.78 is 0. The van der Waals surface area contributed by atoms with Gasteiger partial charge in [0.15, 0.2) is 0 Å². The topological polar surface area (TPSA) is 191 Å². The fourth-order valence-electron chi connectivity index (χ4n) is 2.64. The predicted molar refractivity (Wildman–Crippen MR) is 115 cm³/mol. The Bertz CT molecular complexity index is 870. The zero-order chi connectivity index (χ0) is 24.8. The van der Waals surface area contributed by atoms with Crippen molar-refractivity contribution in [1.29, 1.82) is 0 Å². The molecule has 1 aromatic rings. The van der Waals surface area contributed by atoms with Gasteiger partial charge in [0, 0.05) is 38.4 Å². The smallest absolute Gasteiger partial charge is 0.303 e. The van der Waals surface area contributed by atoms with Crippen LogP contribution >= 0.6 is 0 Å². The molecule has 33 heavy (non-hydrogen) atoms. The number of rotatable bonds is 14. The summed E-state index contributed by atoms with van der Waals surface area (Å²) in [6.45, 7) is -0.0929. The van der Waals surface area contributed by atoms with Crippen molar-refractivity contribution in [2.45, 2.75) is 44.7 Å². The highest BCUT2D eigenvalue weighted by atomic mass is 16.4. The number of benzene rings is 1. The Labute approximate surface area is 190 Å². The summed E-state index contributed by atoms with van der Waals surface area (Å²) in [6, 6.07) is 5.16. The molecule has 0 saturated carbocycles. The largest absolute Gasteiger partial charge is 0.481 e. The number of carboxylic acids is 2. The Hall–Kier alpha value is -3.96. The lowest BCUT2D eigenvalue weighted by Crippen LogP contribution is -2.46. The van der Waals surface area contributed by atoms with Crippen molar-refractivity contribution in [3.8, 4) is 0 Å². The average Bonchev–Trinajstić information content (AvgIpc) is 2.78. The van der Waals surface area contributed by atoms with Gasteiger partial charge >= 0.3 is 11.9 Å². The standard InChI is InChI=1S/C21H28N4O8/c1-22-17(27)12-24-20(32)14-7-5-13(6-8-14)11-23-21(33)15(9-10-19(30)31)25-16(26)3-2-4-18(28)29/h5-8,15H,2-4,9-12H2,1H3,(H,22,27)(H,23,33)(H,24,32)(H,25,26)(H,28,29)(H,30,31). The van der Waals surface area contributed by atoms with Crippen molar-refractivity contribution >= 4 is 35.6 Å². The molecule has 0 aliphatic carbocycles. The maximum Gasteiger partial charge on any atom is 0.303 e. The molecule has 0 aliphatic rings. The summed E-state index contributed by atoms with van der Waals surface area (Å²) in [4.78, 5) is 69.0. The number of carboxylic acid groups (broad SMARTS) is 2. The van der Waals surface area contributed by atoms with Gasteiger partial charge < -0.3 is 31.5 Å². The third kappa shape index (κ3) is 11.3. The van der Waals surface area contributed by atoms with Gasteiger partial charge in [0.05, 0.1) is 6.54 Å². The van der Waals surface area contributed by atoms with E-state index < -0.39 is 35.7 Å². The van der Waals surface area contributed by atoms with Crippen LogP contribution in [0.3, 0.4) is 0 Å². The number of aliphatic carboxylic acids is 2. The quantitative estimate of drug-likeness (QED) is 0.210. The summed E-state index contributed by atoms with van der Waals surface area (Å²) in [6.07, 6.45) is -0.674. The molecule has 4 amide bonds. The SMILES string of the molecule is CNC(=O)CNC(=O)c1ccc(CNC(=O)C(CCC(=O)O)NC(=O)CCCC(=O)O)cc1. The molecule has 0 aliphatic heterocycles. The van der Waals surface area contributed by atoms with Crippen LogP contribution in [-0.4, -0.2) is 65.4 Å². The average molecular weight is 464 g/mol. The van der Waals surface area contributed by atoms with Crippen LogP contribution in [0, 0.1) is 0 Å². The van der Waals surface area contributed by atoms with Crippen molar-refractivity contribution < 1.29 is 39.0 Å². The number of amides is 4. The molecule has 1 atom stereocenters. The van der Waals surface area contributed by atoms with E-state index >= 15 is 0 Å². The van der Waals surface area contributed by atoms with Crippen LogP contribution in [0.15, 0.2) is 24.3 Å². The van der Waals surface area contributed by atoms with E-state index in [0.29, 0.717) is 11.1 Å². The molecule has 12 heteroatoms. The molecule has 0 radical (unpaired) electrons. The molecular formula is C21H28N4O8. The first kappa shape index (κ1) is 27.1. The first-order valence-electron chi connectivity index (χ1n) is 10.2. The highest BCUT2D eigenvalue weighted by Gasteiger charge is 2.21. The minimum Gasteiger partial charge on any atom is -0.481 e. The molecule has 1 aromatic carbocycles. The third-order valence-electron chi connectivity index (χ3n) is 4.46. The van der Waals surface area contributed by atoms with Gasteiger partial charge in [0.25, 0.3) is 5.91 Å². The van der Waals surface area contributed by atoms with Crippen molar-refractivity contribution in [2.24, 2.45) is 0 Å². The Morgan fingerprint density at radius 3 is 2.06 bits per heavy atom. The Morgan fingerprint density at radius 1 is 0.848 bits per heavy atom. The molecule has 12 nitrogen and oxygen atoms in total. The fourth-order valence-corrected chi connectivity index (χ4v) is 2.64. The van der Waals surface area contributed by atoms with Crippen molar-refractivity contribution in [3.63, 3.8) is 0 Å². The third-order valence-corrected chi connectivity index (χ3v) is 4.46. The van der Waals surface area contributed by atoms with Crippen LogP contribution in [0.5, 0.6) is 0 Å². The molecule has 1 unspecified atom stereocenters. The zero-order valence-corrected chi connectivity index (χ0v) is 18.2. The van der Waals surface area contributed by atoms with Gasteiger partial charge in [-0.15, -0.1) is 0 Å². The fraction of sp³-hybridized carbons (Fsp3) is 0.429. The van der Waals surface area contributed by atoms with Gasteiger partial charge in [-0.3, -0.25) is 28.8 Å². The molecule has 0 heterocycles. The molecule has 180 valence electrons. The normalized spacial score (nSPS) is 11.1. The molecule has 0 saturated heterocycles. The van der Waals surface area contributed by atoms with Gasteiger partial charge in [-0.25, -0.2) is 0 Å². The van der Waals surface area contributed by atoms with E-state index in [0.717, 1.165) is 0 Å². The van der Waals surface area contributed by atoms with Crippen LogP contribution in [0.1, 0.15) is 48.0 Å². The molecule has 1 rings (SSSR count). The van der Waals surface area contributed by atoms with E-state index in [-0.39, 0.29) is 51.1 Å². The molecule has 0 spiro atoms. The first-order valence-corrected chi connectivity index (χ1v) is 10.2. The number of carbonyl (C=O) groups is 6. The summed E-state index contributed by atoms with van der Waals surface area (Å²) in [5.74, 6) is -4.08. The highest BCUT2D eigenvalue weighted by molar-refractivity contribution is 5.96.